The van der Waals surface area contributed by atoms with Crippen LogP contribution in [0.2, 0.25) is 0 Å². The Labute approximate surface area is 116 Å². The van der Waals surface area contributed by atoms with Crippen molar-refractivity contribution < 1.29 is 14.3 Å². The number of amides is 2. The lowest BCUT2D eigenvalue weighted by Gasteiger charge is -2.32. The summed E-state index contributed by atoms with van der Waals surface area (Å²) in [5.41, 5.74) is 0.540. The Hall–Kier alpha value is -1.95. The van der Waals surface area contributed by atoms with Crippen LogP contribution in [0, 0.1) is 5.92 Å². The number of carbonyl (C=O) groups excluding carboxylic acids is 2. The van der Waals surface area contributed by atoms with E-state index in [1.807, 2.05) is 0 Å². The van der Waals surface area contributed by atoms with Gasteiger partial charge in [-0.25, -0.2) is 0 Å². The Bertz CT molecular complexity index is 544. The normalized spacial score (nSPS) is 19.4. The van der Waals surface area contributed by atoms with E-state index in [0.29, 0.717) is 17.9 Å². The molecule has 1 N–H and O–H groups in total. The molecule has 0 spiro atoms. The third-order valence-corrected chi connectivity index (χ3v) is 3.29. The Morgan fingerprint density at radius 2 is 2.05 bits per heavy atom. The van der Waals surface area contributed by atoms with Gasteiger partial charge in [0, 0.05) is 0 Å². The molecule has 1 aromatic carbocycles. The molecule has 0 bridgehead atoms. The van der Waals surface area contributed by atoms with Gasteiger partial charge in [0.1, 0.15) is 11.7 Å². The number of ether oxygens (including phenoxy) is 1. The van der Waals surface area contributed by atoms with Crippen LogP contribution in [0.1, 0.15) is 13.3 Å². The summed E-state index contributed by atoms with van der Waals surface area (Å²) in [6, 6.07) is 7.05. The minimum Gasteiger partial charge on any atom is -0.495 e. The molecule has 0 saturated carbocycles. The number of anilines is 1. The van der Waals surface area contributed by atoms with Crippen molar-refractivity contribution in [2.45, 2.75) is 13.3 Å². The van der Waals surface area contributed by atoms with Crippen LogP contribution in [0.4, 0.5) is 5.69 Å². The van der Waals surface area contributed by atoms with E-state index in [0.717, 1.165) is 0 Å². The molecule has 100 valence electrons. The second kappa shape index (κ2) is 5.36. The number of rotatable bonds is 3. The number of benzene rings is 1. The van der Waals surface area contributed by atoms with Gasteiger partial charge in [-0.1, -0.05) is 19.1 Å². The van der Waals surface area contributed by atoms with Gasteiger partial charge in [0.15, 0.2) is 5.11 Å². The quantitative estimate of drug-likeness (QED) is 0.672. The summed E-state index contributed by atoms with van der Waals surface area (Å²) in [6.07, 6.45) is 0.429. The molecule has 2 rings (SSSR count). The first-order valence-corrected chi connectivity index (χ1v) is 6.32. The highest BCUT2D eigenvalue weighted by atomic mass is 32.1. The summed E-state index contributed by atoms with van der Waals surface area (Å²) >= 11 is 5.09. The van der Waals surface area contributed by atoms with E-state index >= 15 is 0 Å². The van der Waals surface area contributed by atoms with Gasteiger partial charge in [0.25, 0.3) is 0 Å². The van der Waals surface area contributed by atoms with Crippen LogP contribution in [-0.4, -0.2) is 24.0 Å². The van der Waals surface area contributed by atoms with Crippen LogP contribution >= 0.6 is 12.2 Å². The lowest BCUT2D eigenvalue weighted by molar-refractivity contribution is -0.133. The molecule has 0 aliphatic carbocycles. The van der Waals surface area contributed by atoms with Gasteiger partial charge in [-0.2, -0.15) is 0 Å². The molecular formula is C13H14N2O3S. The van der Waals surface area contributed by atoms with Crippen LogP contribution in [0.3, 0.4) is 0 Å². The highest BCUT2D eigenvalue weighted by Crippen LogP contribution is 2.30. The number of thiocarbonyl (C=S) groups is 1. The van der Waals surface area contributed by atoms with Crippen LogP contribution in [0.5, 0.6) is 5.75 Å². The highest BCUT2D eigenvalue weighted by molar-refractivity contribution is 7.80. The lowest BCUT2D eigenvalue weighted by atomic mass is 10.0. The standard InChI is InChI=1S/C13H14N2O3S/c1-3-8-11(16)14-13(19)15(12(8)17)9-6-4-5-7-10(9)18-2/h4-8H,3H2,1-2H3,(H,14,16,19). The van der Waals surface area contributed by atoms with Gasteiger partial charge >= 0.3 is 0 Å². The SMILES string of the molecule is CCC1C(=O)NC(=S)N(c2ccccc2OC)C1=O. The topological polar surface area (TPSA) is 58.6 Å². The van der Waals surface area contributed by atoms with E-state index in [1.54, 1.807) is 31.2 Å². The summed E-state index contributed by atoms with van der Waals surface area (Å²) in [4.78, 5) is 25.4. The number of nitrogens with zero attached hydrogens (tertiary/aromatic N) is 1. The number of nitrogens with one attached hydrogen (secondary N) is 1. The van der Waals surface area contributed by atoms with E-state index in [9.17, 15) is 9.59 Å². The molecule has 2 amide bonds. The van der Waals surface area contributed by atoms with E-state index in [4.69, 9.17) is 17.0 Å². The van der Waals surface area contributed by atoms with Crippen LogP contribution in [-0.2, 0) is 9.59 Å². The fraction of sp³-hybridized carbons (Fsp3) is 0.308. The largest absolute Gasteiger partial charge is 0.495 e. The van der Waals surface area contributed by atoms with Crippen LogP contribution in [0.25, 0.3) is 0 Å². The number of para-hydroxylation sites is 2. The molecule has 1 aliphatic heterocycles. The molecule has 1 aromatic rings. The lowest BCUT2D eigenvalue weighted by Crippen LogP contribution is -2.58. The minimum absolute atomic E-state index is 0.0872. The van der Waals surface area contributed by atoms with Crippen molar-refractivity contribution in [1.29, 1.82) is 0 Å². The number of hydrogen-bond acceptors (Lipinski definition) is 4. The average molecular weight is 278 g/mol. The van der Waals surface area contributed by atoms with Gasteiger partial charge in [-0.05, 0) is 30.8 Å². The molecule has 19 heavy (non-hydrogen) atoms. The van der Waals surface area contributed by atoms with E-state index in [2.05, 4.69) is 5.32 Å². The average Bonchev–Trinajstić information content (AvgIpc) is 2.39. The maximum atomic E-state index is 12.4. The van der Waals surface area contributed by atoms with Crippen molar-refractivity contribution in [3.63, 3.8) is 0 Å². The first-order chi connectivity index (χ1) is 9.10. The summed E-state index contributed by atoms with van der Waals surface area (Å²) in [6.45, 7) is 1.79. The predicted octanol–water partition coefficient (Wildman–Crippen LogP) is 1.47. The molecule has 1 saturated heterocycles. The van der Waals surface area contributed by atoms with Gasteiger partial charge in [0.2, 0.25) is 11.8 Å². The summed E-state index contributed by atoms with van der Waals surface area (Å²) in [5.74, 6) is -0.842. The van der Waals surface area contributed by atoms with Gasteiger partial charge in [0.05, 0.1) is 12.8 Å². The second-order valence-corrected chi connectivity index (χ2v) is 4.49. The maximum absolute atomic E-state index is 12.4. The Balaban J connectivity index is 2.45. The molecule has 5 nitrogen and oxygen atoms in total. The Kier molecular flexibility index (Phi) is 3.80. The van der Waals surface area contributed by atoms with Gasteiger partial charge in [-0.15, -0.1) is 0 Å². The van der Waals surface area contributed by atoms with Crippen LogP contribution < -0.4 is 15.0 Å². The number of methoxy groups -OCH3 is 1. The summed E-state index contributed by atoms with van der Waals surface area (Å²) in [5, 5.41) is 2.64. The zero-order valence-electron chi connectivity index (χ0n) is 10.7. The summed E-state index contributed by atoms with van der Waals surface area (Å²) < 4.78 is 5.22. The molecule has 1 heterocycles. The molecule has 1 unspecified atom stereocenters. The van der Waals surface area contributed by atoms with E-state index in [1.165, 1.54) is 12.0 Å². The maximum Gasteiger partial charge on any atom is 0.246 e. The summed E-state index contributed by atoms with van der Waals surface area (Å²) in [7, 11) is 1.52. The fourth-order valence-corrected chi connectivity index (χ4v) is 2.31. The molecule has 0 radical (unpaired) electrons. The zero-order chi connectivity index (χ0) is 14.0. The molecular weight excluding hydrogens is 264 g/mol. The third kappa shape index (κ3) is 2.31. The first-order valence-electron chi connectivity index (χ1n) is 5.92. The van der Waals surface area contributed by atoms with Crippen molar-refractivity contribution in [1.82, 2.24) is 5.32 Å². The third-order valence-electron chi connectivity index (χ3n) is 3.00. The molecule has 1 aliphatic rings. The molecule has 1 atom stereocenters. The van der Waals surface area contributed by atoms with Gasteiger partial charge < -0.3 is 10.1 Å². The van der Waals surface area contributed by atoms with Crippen LogP contribution in [0.15, 0.2) is 24.3 Å². The highest BCUT2D eigenvalue weighted by Gasteiger charge is 2.38. The van der Waals surface area contributed by atoms with Crippen molar-refractivity contribution in [3.05, 3.63) is 24.3 Å². The van der Waals surface area contributed by atoms with E-state index < -0.39 is 5.92 Å². The number of hydrogen-bond donors (Lipinski definition) is 1. The van der Waals surface area contributed by atoms with Crippen molar-refractivity contribution >= 4 is 34.8 Å². The monoisotopic (exact) mass is 278 g/mol. The Morgan fingerprint density at radius 3 is 2.68 bits per heavy atom. The minimum atomic E-state index is -0.711. The zero-order valence-corrected chi connectivity index (χ0v) is 11.5. The van der Waals surface area contributed by atoms with Gasteiger partial charge in [-0.3, -0.25) is 14.5 Å². The fourth-order valence-electron chi connectivity index (χ4n) is 2.02. The second-order valence-electron chi connectivity index (χ2n) is 4.10. The van der Waals surface area contributed by atoms with E-state index in [-0.39, 0.29) is 16.9 Å². The number of carbonyl (C=O) groups is 2. The molecule has 0 aromatic heterocycles. The van der Waals surface area contributed by atoms with Crippen molar-refractivity contribution in [2.75, 3.05) is 12.0 Å². The van der Waals surface area contributed by atoms with Crippen molar-refractivity contribution in [3.8, 4) is 5.75 Å². The van der Waals surface area contributed by atoms with Crippen molar-refractivity contribution in [2.24, 2.45) is 5.92 Å². The Morgan fingerprint density at radius 1 is 1.37 bits per heavy atom. The molecule has 6 heteroatoms. The predicted molar refractivity (Wildman–Crippen MR) is 75.0 cm³/mol. The smallest absolute Gasteiger partial charge is 0.246 e. The molecule has 1 fully saturated rings. The first kappa shape index (κ1) is 13.5.